The van der Waals surface area contributed by atoms with Crippen LogP contribution < -0.4 is 10.6 Å². The highest BCUT2D eigenvalue weighted by molar-refractivity contribution is 5.79. The van der Waals surface area contributed by atoms with Crippen LogP contribution in [0.3, 0.4) is 0 Å². The van der Waals surface area contributed by atoms with Crippen molar-refractivity contribution in [3.8, 4) is 0 Å². The van der Waals surface area contributed by atoms with E-state index in [9.17, 15) is 13.6 Å². The Balaban J connectivity index is 1.73. The van der Waals surface area contributed by atoms with Gasteiger partial charge in [0.05, 0.1) is 5.92 Å². The highest BCUT2D eigenvalue weighted by Gasteiger charge is 2.46. The molecule has 1 saturated heterocycles. The van der Waals surface area contributed by atoms with Gasteiger partial charge in [0.15, 0.2) is 0 Å². The third kappa shape index (κ3) is 2.03. The Bertz CT molecular complexity index is 231. The number of alkyl halides is 2. The van der Waals surface area contributed by atoms with Crippen molar-refractivity contribution >= 4 is 5.91 Å². The first-order valence-corrected chi connectivity index (χ1v) is 4.96. The maximum absolute atomic E-state index is 12.5. The molecule has 0 radical (unpaired) electrons. The van der Waals surface area contributed by atoms with Gasteiger partial charge in [-0.25, -0.2) is 8.78 Å². The molecule has 1 aliphatic heterocycles. The summed E-state index contributed by atoms with van der Waals surface area (Å²) in [5.74, 6) is -2.65. The van der Waals surface area contributed by atoms with Gasteiger partial charge >= 0.3 is 0 Å². The van der Waals surface area contributed by atoms with Crippen LogP contribution in [0.2, 0.25) is 0 Å². The molecule has 2 rings (SSSR count). The van der Waals surface area contributed by atoms with Crippen LogP contribution in [-0.2, 0) is 4.79 Å². The molecule has 1 aliphatic carbocycles. The zero-order valence-corrected chi connectivity index (χ0v) is 7.85. The van der Waals surface area contributed by atoms with E-state index in [1.54, 1.807) is 0 Å². The van der Waals surface area contributed by atoms with E-state index in [1.165, 1.54) is 0 Å². The average molecular weight is 204 g/mol. The van der Waals surface area contributed by atoms with E-state index in [1.807, 2.05) is 0 Å². The molecule has 1 atom stereocenters. The summed E-state index contributed by atoms with van der Waals surface area (Å²) in [4.78, 5) is 11.5. The Hall–Kier alpha value is -0.710. The fraction of sp³-hybridized carbons (Fsp3) is 0.889. The van der Waals surface area contributed by atoms with Crippen LogP contribution in [0.1, 0.15) is 19.3 Å². The summed E-state index contributed by atoms with van der Waals surface area (Å²) in [6.07, 6.45) is 0.423. The van der Waals surface area contributed by atoms with Gasteiger partial charge in [-0.2, -0.15) is 0 Å². The van der Waals surface area contributed by atoms with Crippen LogP contribution in [0.25, 0.3) is 0 Å². The van der Waals surface area contributed by atoms with Crippen molar-refractivity contribution in [1.29, 1.82) is 0 Å². The van der Waals surface area contributed by atoms with Crippen molar-refractivity contribution < 1.29 is 13.6 Å². The second-order valence-electron chi connectivity index (χ2n) is 4.16. The second-order valence-corrected chi connectivity index (χ2v) is 4.16. The SMILES string of the molecule is O=C(NC1CC(F)(F)C1)[C@@H]1CCNC1. The van der Waals surface area contributed by atoms with Gasteiger partial charge in [-0.15, -0.1) is 0 Å². The molecule has 2 fully saturated rings. The molecule has 80 valence electrons. The molecular weight excluding hydrogens is 190 g/mol. The first kappa shape index (κ1) is 9.83. The monoisotopic (exact) mass is 204 g/mol. The molecule has 2 N–H and O–H groups in total. The maximum Gasteiger partial charge on any atom is 0.252 e. The van der Waals surface area contributed by atoms with E-state index in [2.05, 4.69) is 10.6 Å². The molecule has 1 amide bonds. The second kappa shape index (κ2) is 3.46. The number of halogens is 2. The summed E-state index contributed by atoms with van der Waals surface area (Å²) < 4.78 is 24.9. The Morgan fingerprint density at radius 2 is 2.14 bits per heavy atom. The lowest BCUT2D eigenvalue weighted by atomic mass is 9.88. The lowest BCUT2D eigenvalue weighted by Gasteiger charge is -2.35. The van der Waals surface area contributed by atoms with Gasteiger partial charge < -0.3 is 10.6 Å². The van der Waals surface area contributed by atoms with E-state index in [4.69, 9.17) is 0 Å². The fourth-order valence-electron chi connectivity index (χ4n) is 1.96. The van der Waals surface area contributed by atoms with E-state index >= 15 is 0 Å². The molecule has 0 unspecified atom stereocenters. The van der Waals surface area contributed by atoms with Gasteiger partial charge in [-0.1, -0.05) is 0 Å². The summed E-state index contributed by atoms with van der Waals surface area (Å²) in [6.45, 7) is 1.52. The molecule has 14 heavy (non-hydrogen) atoms. The quantitative estimate of drug-likeness (QED) is 0.688. The van der Waals surface area contributed by atoms with Crippen molar-refractivity contribution in [3.05, 3.63) is 0 Å². The predicted molar refractivity (Wildman–Crippen MR) is 47.1 cm³/mol. The molecule has 3 nitrogen and oxygen atoms in total. The van der Waals surface area contributed by atoms with Gasteiger partial charge in [0, 0.05) is 25.4 Å². The van der Waals surface area contributed by atoms with Gasteiger partial charge in [-0.3, -0.25) is 4.79 Å². The average Bonchev–Trinajstić information content (AvgIpc) is 2.51. The number of hydrogen-bond donors (Lipinski definition) is 2. The highest BCUT2D eigenvalue weighted by atomic mass is 19.3. The minimum Gasteiger partial charge on any atom is -0.353 e. The lowest BCUT2D eigenvalue weighted by Crippen LogP contribution is -2.52. The number of carbonyl (C=O) groups is 1. The van der Waals surface area contributed by atoms with Crippen molar-refractivity contribution in [1.82, 2.24) is 10.6 Å². The molecule has 0 spiro atoms. The molecule has 0 aromatic heterocycles. The molecule has 0 aromatic rings. The summed E-state index contributed by atoms with van der Waals surface area (Å²) in [5, 5.41) is 5.72. The van der Waals surface area contributed by atoms with E-state index < -0.39 is 5.92 Å². The van der Waals surface area contributed by atoms with Crippen LogP contribution >= 0.6 is 0 Å². The first-order chi connectivity index (χ1) is 6.57. The van der Waals surface area contributed by atoms with Crippen molar-refractivity contribution in [2.24, 2.45) is 5.92 Å². The number of rotatable bonds is 2. The van der Waals surface area contributed by atoms with Crippen LogP contribution in [-0.4, -0.2) is 31.0 Å². The van der Waals surface area contributed by atoms with Crippen molar-refractivity contribution in [3.63, 3.8) is 0 Å². The van der Waals surface area contributed by atoms with E-state index in [0.29, 0.717) is 6.54 Å². The smallest absolute Gasteiger partial charge is 0.252 e. The van der Waals surface area contributed by atoms with E-state index in [0.717, 1.165) is 13.0 Å². The van der Waals surface area contributed by atoms with Crippen molar-refractivity contribution in [2.75, 3.05) is 13.1 Å². The Kier molecular flexibility index (Phi) is 2.43. The van der Waals surface area contributed by atoms with Gasteiger partial charge in [0.1, 0.15) is 0 Å². The standard InChI is InChI=1S/C9H14F2N2O/c10-9(11)3-7(4-9)13-8(14)6-1-2-12-5-6/h6-7,12H,1-5H2,(H,13,14)/t6-/m1/s1. The van der Waals surface area contributed by atoms with Gasteiger partial charge in [0.25, 0.3) is 5.92 Å². The molecule has 0 aromatic carbocycles. The Morgan fingerprint density at radius 1 is 1.43 bits per heavy atom. The Morgan fingerprint density at radius 3 is 2.64 bits per heavy atom. The first-order valence-electron chi connectivity index (χ1n) is 4.96. The minimum atomic E-state index is -2.55. The van der Waals surface area contributed by atoms with Gasteiger partial charge in [0.2, 0.25) is 5.91 Å². The highest BCUT2D eigenvalue weighted by Crippen LogP contribution is 2.37. The molecule has 0 bridgehead atoms. The maximum atomic E-state index is 12.5. The summed E-state index contributed by atoms with van der Waals surface area (Å²) >= 11 is 0. The van der Waals surface area contributed by atoms with Crippen LogP contribution in [0.4, 0.5) is 8.78 Å². The van der Waals surface area contributed by atoms with Crippen LogP contribution in [0.15, 0.2) is 0 Å². The van der Waals surface area contributed by atoms with E-state index in [-0.39, 0.29) is 30.7 Å². The minimum absolute atomic E-state index is 0.0239. The number of amides is 1. The Labute approximate surface area is 81.2 Å². The third-order valence-electron chi connectivity index (χ3n) is 2.87. The summed E-state index contributed by atoms with van der Waals surface area (Å²) in [7, 11) is 0. The summed E-state index contributed by atoms with van der Waals surface area (Å²) in [5.41, 5.74) is 0. The normalized spacial score (nSPS) is 31.1. The third-order valence-corrected chi connectivity index (χ3v) is 2.87. The molecule has 5 heteroatoms. The van der Waals surface area contributed by atoms with Crippen LogP contribution in [0.5, 0.6) is 0 Å². The van der Waals surface area contributed by atoms with Gasteiger partial charge in [-0.05, 0) is 13.0 Å². The fourth-order valence-corrected chi connectivity index (χ4v) is 1.96. The summed E-state index contributed by atoms with van der Waals surface area (Å²) in [6, 6.07) is -0.307. The molecule has 1 saturated carbocycles. The molecule has 1 heterocycles. The van der Waals surface area contributed by atoms with Crippen LogP contribution in [0, 0.1) is 5.92 Å². The lowest BCUT2D eigenvalue weighted by molar-refractivity contribution is -0.132. The zero-order chi connectivity index (χ0) is 10.2. The largest absolute Gasteiger partial charge is 0.353 e. The van der Waals surface area contributed by atoms with Crippen molar-refractivity contribution in [2.45, 2.75) is 31.2 Å². The predicted octanol–water partition coefficient (Wildman–Crippen LogP) is 0.510. The zero-order valence-electron chi connectivity index (χ0n) is 7.85. The number of nitrogens with one attached hydrogen (secondary N) is 2. The molecule has 2 aliphatic rings. The topological polar surface area (TPSA) is 41.1 Å². The molecular formula is C9H14F2N2O. The number of carbonyl (C=O) groups excluding carboxylic acids is 1. The number of hydrogen-bond acceptors (Lipinski definition) is 2.